The number of halogens is 2. The van der Waals surface area contributed by atoms with Gasteiger partial charge in [-0.05, 0) is 43.4 Å². The lowest BCUT2D eigenvalue weighted by molar-refractivity contribution is -0.0897. The van der Waals surface area contributed by atoms with E-state index in [1.165, 1.54) is 6.07 Å². The fraction of sp³-hybridized carbons (Fsp3) is 0.538. The van der Waals surface area contributed by atoms with Crippen molar-refractivity contribution < 1.29 is 9.13 Å². The van der Waals surface area contributed by atoms with Crippen LogP contribution in [-0.2, 0) is 11.2 Å². The summed E-state index contributed by atoms with van der Waals surface area (Å²) in [5.41, 5.74) is 6.82. The second-order valence-electron chi connectivity index (χ2n) is 4.68. The Kier molecular flexibility index (Phi) is 3.71. The first kappa shape index (κ1) is 12.8. The molecule has 1 aromatic rings. The highest BCUT2D eigenvalue weighted by Gasteiger charge is 2.42. The predicted molar refractivity (Wildman–Crippen MR) is 66.7 cm³/mol. The van der Waals surface area contributed by atoms with Crippen molar-refractivity contribution in [1.82, 2.24) is 0 Å². The van der Waals surface area contributed by atoms with Crippen molar-refractivity contribution in [3.05, 3.63) is 34.6 Å². The Bertz CT molecular complexity index is 401. The van der Waals surface area contributed by atoms with E-state index >= 15 is 0 Å². The Balaban J connectivity index is 2.07. The maximum Gasteiger partial charge on any atom is 0.142 e. The van der Waals surface area contributed by atoms with Crippen LogP contribution < -0.4 is 5.73 Å². The third kappa shape index (κ3) is 2.46. The Labute approximate surface area is 106 Å². The van der Waals surface area contributed by atoms with E-state index in [1.807, 2.05) is 6.07 Å². The monoisotopic (exact) mass is 257 g/mol. The Morgan fingerprint density at radius 2 is 2.24 bits per heavy atom. The van der Waals surface area contributed by atoms with E-state index in [9.17, 15) is 4.39 Å². The Morgan fingerprint density at radius 1 is 1.53 bits per heavy atom. The second-order valence-corrected chi connectivity index (χ2v) is 5.09. The number of nitrogens with two attached hydrogens (primary N) is 1. The van der Waals surface area contributed by atoms with Crippen molar-refractivity contribution >= 4 is 11.6 Å². The Hall–Kier alpha value is -0.640. The highest BCUT2D eigenvalue weighted by molar-refractivity contribution is 6.30. The minimum atomic E-state index is -0.392. The summed E-state index contributed by atoms with van der Waals surface area (Å²) in [5.74, 6) is -0.392. The number of hydrogen-bond donors (Lipinski definition) is 1. The molecule has 94 valence electrons. The average molecular weight is 258 g/mol. The lowest BCUT2D eigenvalue weighted by atomic mass is 9.73. The lowest BCUT2D eigenvalue weighted by Crippen LogP contribution is -2.55. The molecular formula is C13H17ClFNO. The quantitative estimate of drug-likeness (QED) is 0.900. The van der Waals surface area contributed by atoms with Crippen molar-refractivity contribution in [2.45, 2.75) is 37.3 Å². The molecule has 1 aliphatic rings. The van der Waals surface area contributed by atoms with E-state index < -0.39 is 5.82 Å². The lowest BCUT2D eigenvalue weighted by Gasteiger charge is -2.45. The van der Waals surface area contributed by atoms with Crippen molar-refractivity contribution in [2.24, 2.45) is 5.73 Å². The van der Waals surface area contributed by atoms with Crippen LogP contribution in [0.2, 0.25) is 5.02 Å². The molecule has 1 aliphatic carbocycles. The molecule has 1 aromatic carbocycles. The van der Waals surface area contributed by atoms with Gasteiger partial charge in [0.15, 0.2) is 0 Å². The number of ether oxygens (including phenoxy) is 1. The van der Waals surface area contributed by atoms with E-state index in [-0.39, 0.29) is 16.7 Å². The summed E-state index contributed by atoms with van der Waals surface area (Å²) in [6, 6.07) is 4.73. The SMILES string of the molecule is COC1(C(N)Cc2ccc(Cl)c(F)c2)CCC1. The third-order valence-corrected chi connectivity index (χ3v) is 4.03. The van der Waals surface area contributed by atoms with Crippen LogP contribution >= 0.6 is 11.6 Å². The van der Waals surface area contributed by atoms with Gasteiger partial charge in [0.25, 0.3) is 0 Å². The summed E-state index contributed by atoms with van der Waals surface area (Å²) in [4.78, 5) is 0. The first-order chi connectivity index (χ1) is 8.07. The molecule has 0 amide bonds. The molecule has 1 unspecified atom stereocenters. The predicted octanol–water partition coefficient (Wildman–Crippen LogP) is 2.92. The molecule has 1 fully saturated rings. The maximum atomic E-state index is 13.3. The van der Waals surface area contributed by atoms with Crippen LogP contribution in [0, 0.1) is 5.82 Å². The molecule has 0 bridgehead atoms. The van der Waals surface area contributed by atoms with Crippen molar-refractivity contribution in [3.8, 4) is 0 Å². The van der Waals surface area contributed by atoms with E-state index in [1.54, 1.807) is 13.2 Å². The highest BCUT2D eigenvalue weighted by Crippen LogP contribution is 2.38. The largest absolute Gasteiger partial charge is 0.377 e. The van der Waals surface area contributed by atoms with Gasteiger partial charge in [0.1, 0.15) is 5.82 Å². The van der Waals surface area contributed by atoms with Crippen LogP contribution in [0.15, 0.2) is 18.2 Å². The molecule has 17 heavy (non-hydrogen) atoms. The minimum absolute atomic E-state index is 0.0955. The maximum absolute atomic E-state index is 13.3. The number of rotatable bonds is 4. The molecule has 0 spiro atoms. The minimum Gasteiger partial charge on any atom is -0.377 e. The average Bonchev–Trinajstić information content (AvgIpc) is 2.23. The van der Waals surface area contributed by atoms with Gasteiger partial charge in [-0.2, -0.15) is 0 Å². The normalized spacial score (nSPS) is 19.8. The fourth-order valence-corrected chi connectivity index (χ4v) is 2.48. The zero-order valence-corrected chi connectivity index (χ0v) is 10.6. The topological polar surface area (TPSA) is 35.2 Å². The van der Waals surface area contributed by atoms with Gasteiger partial charge < -0.3 is 10.5 Å². The van der Waals surface area contributed by atoms with Gasteiger partial charge in [-0.15, -0.1) is 0 Å². The van der Waals surface area contributed by atoms with Gasteiger partial charge >= 0.3 is 0 Å². The molecule has 1 atom stereocenters. The van der Waals surface area contributed by atoms with Crippen molar-refractivity contribution in [3.63, 3.8) is 0 Å². The standard InChI is InChI=1S/C13H17ClFNO/c1-17-13(5-2-6-13)12(16)8-9-3-4-10(14)11(15)7-9/h3-4,7,12H,2,5-6,8,16H2,1H3. The molecule has 4 heteroatoms. The van der Waals surface area contributed by atoms with Crippen LogP contribution in [0.1, 0.15) is 24.8 Å². The molecule has 1 saturated carbocycles. The zero-order valence-electron chi connectivity index (χ0n) is 9.88. The summed E-state index contributed by atoms with van der Waals surface area (Å²) in [7, 11) is 1.70. The summed E-state index contributed by atoms with van der Waals surface area (Å²) in [5, 5.41) is 0.146. The van der Waals surface area contributed by atoms with Crippen molar-refractivity contribution in [2.75, 3.05) is 7.11 Å². The number of benzene rings is 1. The van der Waals surface area contributed by atoms with Crippen molar-refractivity contribution in [1.29, 1.82) is 0 Å². The van der Waals surface area contributed by atoms with Crippen LogP contribution in [0.3, 0.4) is 0 Å². The van der Waals surface area contributed by atoms with Crippen LogP contribution in [0.25, 0.3) is 0 Å². The van der Waals surface area contributed by atoms with E-state index in [0.29, 0.717) is 6.42 Å². The Morgan fingerprint density at radius 3 is 2.71 bits per heavy atom. The van der Waals surface area contributed by atoms with E-state index in [0.717, 1.165) is 24.8 Å². The van der Waals surface area contributed by atoms with Gasteiger partial charge in [0, 0.05) is 13.2 Å². The fourth-order valence-electron chi connectivity index (χ4n) is 2.36. The first-order valence-corrected chi connectivity index (χ1v) is 6.20. The van der Waals surface area contributed by atoms with Crippen LogP contribution in [0.5, 0.6) is 0 Å². The number of methoxy groups -OCH3 is 1. The van der Waals surface area contributed by atoms with Crippen LogP contribution in [-0.4, -0.2) is 18.8 Å². The van der Waals surface area contributed by atoms with E-state index in [4.69, 9.17) is 22.1 Å². The summed E-state index contributed by atoms with van der Waals surface area (Å²) in [6.45, 7) is 0. The number of hydrogen-bond acceptors (Lipinski definition) is 2. The molecule has 0 heterocycles. The summed E-state index contributed by atoms with van der Waals surface area (Å²) >= 11 is 5.64. The van der Waals surface area contributed by atoms with Gasteiger partial charge in [0.05, 0.1) is 10.6 Å². The molecule has 2 N–H and O–H groups in total. The van der Waals surface area contributed by atoms with Gasteiger partial charge in [-0.3, -0.25) is 0 Å². The third-order valence-electron chi connectivity index (χ3n) is 3.72. The second kappa shape index (κ2) is 4.92. The molecule has 0 saturated heterocycles. The van der Waals surface area contributed by atoms with E-state index in [2.05, 4.69) is 0 Å². The highest BCUT2D eigenvalue weighted by atomic mass is 35.5. The summed E-state index contributed by atoms with van der Waals surface area (Å²) < 4.78 is 18.8. The molecule has 0 aliphatic heterocycles. The molecular weight excluding hydrogens is 241 g/mol. The first-order valence-electron chi connectivity index (χ1n) is 5.82. The van der Waals surface area contributed by atoms with Crippen LogP contribution in [0.4, 0.5) is 4.39 Å². The smallest absolute Gasteiger partial charge is 0.142 e. The molecule has 2 rings (SSSR count). The molecule has 2 nitrogen and oxygen atoms in total. The molecule has 0 aromatic heterocycles. The zero-order chi connectivity index (χ0) is 12.5. The van der Waals surface area contributed by atoms with Gasteiger partial charge in [-0.25, -0.2) is 4.39 Å². The molecule has 0 radical (unpaired) electrons. The summed E-state index contributed by atoms with van der Waals surface area (Å²) in [6.07, 6.45) is 3.74. The van der Waals surface area contributed by atoms with Gasteiger partial charge in [0.2, 0.25) is 0 Å². The van der Waals surface area contributed by atoms with Gasteiger partial charge in [-0.1, -0.05) is 17.7 Å².